The Hall–Kier alpha value is -3.60. The van der Waals surface area contributed by atoms with Crippen LogP contribution in [0.2, 0.25) is 0 Å². The van der Waals surface area contributed by atoms with Gasteiger partial charge in [0.2, 0.25) is 5.89 Å². The van der Waals surface area contributed by atoms with Gasteiger partial charge in [-0.3, -0.25) is 4.79 Å². The summed E-state index contributed by atoms with van der Waals surface area (Å²) in [5, 5.41) is 2.86. The van der Waals surface area contributed by atoms with Crippen molar-refractivity contribution < 1.29 is 13.9 Å². The first-order valence-electron chi connectivity index (χ1n) is 10.4. The second kappa shape index (κ2) is 8.64. The number of rotatable bonds is 6. The molecule has 31 heavy (non-hydrogen) atoms. The lowest BCUT2D eigenvalue weighted by Crippen LogP contribution is -2.20. The standard InChI is InChI=1S/C26H26N2O3/c1-16(2)19-5-7-20(8-6-19)26-28-23-14-21(9-10-24(23)31-26)27-25(29)15-30-22-12-17(3)11-18(4)13-22/h5-14,16H,15H2,1-4H3,(H,27,29). The van der Waals surface area contributed by atoms with Gasteiger partial charge in [0.1, 0.15) is 11.3 Å². The smallest absolute Gasteiger partial charge is 0.262 e. The van der Waals surface area contributed by atoms with Gasteiger partial charge in [-0.2, -0.15) is 0 Å². The van der Waals surface area contributed by atoms with Crippen LogP contribution < -0.4 is 10.1 Å². The summed E-state index contributed by atoms with van der Waals surface area (Å²) >= 11 is 0. The van der Waals surface area contributed by atoms with E-state index >= 15 is 0 Å². The number of benzene rings is 3. The fourth-order valence-electron chi connectivity index (χ4n) is 3.50. The van der Waals surface area contributed by atoms with Crippen molar-refractivity contribution in [2.24, 2.45) is 0 Å². The number of oxazole rings is 1. The molecule has 0 fully saturated rings. The zero-order valence-corrected chi connectivity index (χ0v) is 18.2. The Balaban J connectivity index is 1.44. The van der Waals surface area contributed by atoms with Crippen LogP contribution in [0.5, 0.6) is 5.75 Å². The van der Waals surface area contributed by atoms with Crippen LogP contribution in [-0.4, -0.2) is 17.5 Å². The zero-order chi connectivity index (χ0) is 22.0. The van der Waals surface area contributed by atoms with Gasteiger partial charge < -0.3 is 14.5 Å². The molecule has 0 radical (unpaired) electrons. The number of carbonyl (C=O) groups excluding carboxylic acids is 1. The summed E-state index contributed by atoms with van der Waals surface area (Å²) < 4.78 is 11.5. The van der Waals surface area contributed by atoms with Crippen LogP contribution in [0.1, 0.15) is 36.5 Å². The van der Waals surface area contributed by atoms with Gasteiger partial charge in [-0.05, 0) is 78.9 Å². The van der Waals surface area contributed by atoms with E-state index in [0.717, 1.165) is 16.7 Å². The lowest BCUT2D eigenvalue weighted by atomic mass is 10.0. The highest BCUT2D eigenvalue weighted by Crippen LogP contribution is 2.27. The Morgan fingerprint density at radius 1 is 1.00 bits per heavy atom. The fourth-order valence-corrected chi connectivity index (χ4v) is 3.50. The van der Waals surface area contributed by atoms with Crippen LogP contribution in [0.3, 0.4) is 0 Å². The first-order valence-corrected chi connectivity index (χ1v) is 10.4. The number of nitrogens with one attached hydrogen (secondary N) is 1. The maximum Gasteiger partial charge on any atom is 0.262 e. The normalized spacial score (nSPS) is 11.1. The lowest BCUT2D eigenvalue weighted by Gasteiger charge is -2.09. The topological polar surface area (TPSA) is 64.4 Å². The van der Waals surface area contributed by atoms with E-state index in [1.807, 2.05) is 44.2 Å². The highest BCUT2D eigenvalue weighted by molar-refractivity contribution is 5.94. The van der Waals surface area contributed by atoms with E-state index in [1.54, 1.807) is 12.1 Å². The molecule has 5 heteroatoms. The van der Waals surface area contributed by atoms with E-state index in [1.165, 1.54) is 5.56 Å². The number of ether oxygens (including phenoxy) is 1. The molecule has 0 saturated heterocycles. The molecule has 1 amide bonds. The molecule has 3 aromatic carbocycles. The first-order chi connectivity index (χ1) is 14.9. The molecule has 0 aliphatic heterocycles. The van der Waals surface area contributed by atoms with Crippen molar-refractivity contribution in [2.75, 3.05) is 11.9 Å². The van der Waals surface area contributed by atoms with E-state index in [0.29, 0.717) is 34.3 Å². The third kappa shape index (κ3) is 4.94. The highest BCUT2D eigenvalue weighted by atomic mass is 16.5. The minimum Gasteiger partial charge on any atom is -0.484 e. The summed E-state index contributed by atoms with van der Waals surface area (Å²) in [5.74, 6) is 1.49. The Kier molecular flexibility index (Phi) is 5.76. The summed E-state index contributed by atoms with van der Waals surface area (Å²) in [6.07, 6.45) is 0. The van der Waals surface area contributed by atoms with Crippen molar-refractivity contribution in [2.45, 2.75) is 33.6 Å². The number of amides is 1. The number of hydrogen-bond donors (Lipinski definition) is 1. The molecule has 0 aliphatic carbocycles. The van der Waals surface area contributed by atoms with Gasteiger partial charge in [0, 0.05) is 11.3 Å². The van der Waals surface area contributed by atoms with E-state index in [4.69, 9.17) is 9.15 Å². The molecule has 1 heterocycles. The van der Waals surface area contributed by atoms with Crippen molar-refractivity contribution >= 4 is 22.7 Å². The highest BCUT2D eigenvalue weighted by Gasteiger charge is 2.11. The fraction of sp³-hybridized carbons (Fsp3) is 0.231. The number of nitrogens with zero attached hydrogens (tertiary/aromatic N) is 1. The monoisotopic (exact) mass is 414 g/mol. The molecule has 0 atom stereocenters. The average molecular weight is 415 g/mol. The largest absolute Gasteiger partial charge is 0.484 e. The summed E-state index contributed by atoms with van der Waals surface area (Å²) in [7, 11) is 0. The third-order valence-corrected chi connectivity index (χ3v) is 5.06. The molecule has 0 aliphatic rings. The molecular weight excluding hydrogens is 388 g/mol. The second-order valence-corrected chi connectivity index (χ2v) is 8.14. The van der Waals surface area contributed by atoms with Crippen LogP contribution in [0.25, 0.3) is 22.6 Å². The number of carbonyl (C=O) groups is 1. The van der Waals surface area contributed by atoms with Gasteiger partial charge in [0.15, 0.2) is 12.2 Å². The van der Waals surface area contributed by atoms with E-state index in [2.05, 4.69) is 42.3 Å². The van der Waals surface area contributed by atoms with Gasteiger partial charge in [-0.1, -0.05) is 32.0 Å². The average Bonchev–Trinajstić information content (AvgIpc) is 3.15. The molecule has 4 aromatic rings. The SMILES string of the molecule is Cc1cc(C)cc(OCC(=O)Nc2ccc3oc(-c4ccc(C(C)C)cc4)nc3c2)c1. The Morgan fingerprint density at radius 3 is 2.39 bits per heavy atom. The maximum absolute atomic E-state index is 12.3. The van der Waals surface area contributed by atoms with Gasteiger partial charge in [-0.15, -0.1) is 0 Å². The van der Waals surface area contributed by atoms with Gasteiger partial charge in [-0.25, -0.2) is 4.98 Å². The Morgan fingerprint density at radius 2 is 1.71 bits per heavy atom. The molecule has 158 valence electrons. The van der Waals surface area contributed by atoms with E-state index in [9.17, 15) is 4.79 Å². The van der Waals surface area contributed by atoms with Gasteiger partial charge in [0.05, 0.1) is 0 Å². The number of hydrogen-bond acceptors (Lipinski definition) is 4. The van der Waals surface area contributed by atoms with E-state index in [-0.39, 0.29) is 12.5 Å². The van der Waals surface area contributed by atoms with E-state index < -0.39 is 0 Å². The van der Waals surface area contributed by atoms with Gasteiger partial charge >= 0.3 is 0 Å². The summed E-state index contributed by atoms with van der Waals surface area (Å²) in [5.41, 5.74) is 6.41. The summed E-state index contributed by atoms with van der Waals surface area (Å²) in [6.45, 7) is 8.27. The number of anilines is 1. The molecule has 4 rings (SSSR count). The molecule has 0 bridgehead atoms. The molecule has 1 aromatic heterocycles. The number of aromatic nitrogens is 1. The van der Waals surface area contributed by atoms with Crippen molar-refractivity contribution in [3.05, 3.63) is 77.4 Å². The Labute approximate surface area is 182 Å². The lowest BCUT2D eigenvalue weighted by molar-refractivity contribution is -0.118. The number of aryl methyl sites for hydroxylation is 2. The van der Waals surface area contributed by atoms with Crippen LogP contribution in [0.15, 0.2) is 65.1 Å². The third-order valence-electron chi connectivity index (χ3n) is 5.06. The maximum atomic E-state index is 12.3. The van der Waals surface area contributed by atoms with Crippen LogP contribution in [0, 0.1) is 13.8 Å². The first kappa shape index (κ1) is 20.7. The molecule has 0 unspecified atom stereocenters. The summed E-state index contributed by atoms with van der Waals surface area (Å²) in [6, 6.07) is 19.5. The second-order valence-electron chi connectivity index (χ2n) is 8.14. The molecule has 1 N–H and O–H groups in total. The molecule has 5 nitrogen and oxygen atoms in total. The predicted octanol–water partition coefficient (Wildman–Crippen LogP) is 6.25. The Bertz CT molecular complexity index is 1200. The van der Waals surface area contributed by atoms with Crippen molar-refractivity contribution in [3.8, 4) is 17.2 Å². The van der Waals surface area contributed by atoms with Crippen molar-refractivity contribution in [1.29, 1.82) is 0 Å². The van der Waals surface area contributed by atoms with Crippen molar-refractivity contribution in [1.82, 2.24) is 4.98 Å². The van der Waals surface area contributed by atoms with Crippen LogP contribution in [0.4, 0.5) is 5.69 Å². The zero-order valence-electron chi connectivity index (χ0n) is 18.2. The number of fused-ring (bicyclic) bond motifs is 1. The predicted molar refractivity (Wildman–Crippen MR) is 124 cm³/mol. The molecular formula is C26H26N2O3. The minimum atomic E-state index is -0.230. The quantitative estimate of drug-likeness (QED) is 0.405. The molecule has 0 saturated carbocycles. The van der Waals surface area contributed by atoms with Crippen molar-refractivity contribution in [3.63, 3.8) is 0 Å². The van der Waals surface area contributed by atoms with Crippen LogP contribution >= 0.6 is 0 Å². The van der Waals surface area contributed by atoms with Crippen LogP contribution in [-0.2, 0) is 4.79 Å². The molecule has 0 spiro atoms. The summed E-state index contributed by atoms with van der Waals surface area (Å²) in [4.78, 5) is 16.9. The minimum absolute atomic E-state index is 0.0623. The van der Waals surface area contributed by atoms with Gasteiger partial charge in [0.25, 0.3) is 5.91 Å².